The van der Waals surface area contributed by atoms with Gasteiger partial charge in [0.25, 0.3) is 5.91 Å². The number of aryl methyl sites for hydroxylation is 1. The SMILES string of the molecule is CCNCNC(=O)c1cc(-c2nc(Nc3cccc(S)c3)ncc2O)c(C)s1. The summed E-state index contributed by atoms with van der Waals surface area (Å²) in [5.41, 5.74) is 1.86. The van der Waals surface area contributed by atoms with E-state index in [0.717, 1.165) is 22.0 Å². The maximum Gasteiger partial charge on any atom is 0.262 e. The minimum Gasteiger partial charge on any atom is -0.504 e. The molecule has 1 amide bonds. The third-order valence-corrected chi connectivity index (χ3v) is 5.22. The third-order valence-electron chi connectivity index (χ3n) is 3.89. The van der Waals surface area contributed by atoms with Crippen LogP contribution in [-0.2, 0) is 0 Å². The van der Waals surface area contributed by atoms with Crippen LogP contribution in [0.3, 0.4) is 0 Å². The zero-order chi connectivity index (χ0) is 20.1. The van der Waals surface area contributed by atoms with Crippen LogP contribution in [0.25, 0.3) is 11.3 Å². The summed E-state index contributed by atoms with van der Waals surface area (Å²) in [6.45, 7) is 5.03. The molecule has 3 rings (SSSR count). The van der Waals surface area contributed by atoms with Gasteiger partial charge in [0.2, 0.25) is 5.95 Å². The van der Waals surface area contributed by atoms with E-state index in [9.17, 15) is 9.90 Å². The Morgan fingerprint density at radius 2 is 2.14 bits per heavy atom. The molecule has 28 heavy (non-hydrogen) atoms. The Labute approximate surface area is 172 Å². The van der Waals surface area contributed by atoms with Crippen LogP contribution in [0.2, 0.25) is 0 Å². The highest BCUT2D eigenvalue weighted by Crippen LogP contribution is 2.35. The van der Waals surface area contributed by atoms with Crippen LogP contribution < -0.4 is 16.0 Å². The van der Waals surface area contributed by atoms with Crippen LogP contribution >= 0.6 is 24.0 Å². The highest BCUT2D eigenvalue weighted by Gasteiger charge is 2.17. The normalized spacial score (nSPS) is 10.7. The lowest BCUT2D eigenvalue weighted by Gasteiger charge is -2.08. The van der Waals surface area contributed by atoms with E-state index < -0.39 is 0 Å². The van der Waals surface area contributed by atoms with Crippen molar-refractivity contribution in [2.75, 3.05) is 18.5 Å². The molecular formula is C19H21N5O2S2. The van der Waals surface area contributed by atoms with Gasteiger partial charge in [0, 0.05) is 21.0 Å². The van der Waals surface area contributed by atoms with E-state index in [0.29, 0.717) is 28.8 Å². The van der Waals surface area contributed by atoms with E-state index in [4.69, 9.17) is 0 Å². The van der Waals surface area contributed by atoms with Gasteiger partial charge in [0.1, 0.15) is 5.69 Å². The second-order valence-corrected chi connectivity index (χ2v) is 7.74. The summed E-state index contributed by atoms with van der Waals surface area (Å²) in [4.78, 5) is 23.1. The van der Waals surface area contributed by atoms with Gasteiger partial charge in [-0.25, -0.2) is 9.97 Å². The van der Waals surface area contributed by atoms with Gasteiger partial charge in [0.15, 0.2) is 5.75 Å². The van der Waals surface area contributed by atoms with Crippen LogP contribution in [0, 0.1) is 6.92 Å². The third kappa shape index (κ3) is 4.80. The fourth-order valence-corrected chi connectivity index (χ4v) is 3.69. The number of hydrogen-bond acceptors (Lipinski definition) is 8. The monoisotopic (exact) mass is 415 g/mol. The largest absolute Gasteiger partial charge is 0.504 e. The predicted molar refractivity (Wildman–Crippen MR) is 115 cm³/mol. The molecule has 0 radical (unpaired) electrons. The number of anilines is 2. The van der Waals surface area contributed by atoms with Crippen molar-refractivity contribution in [3.63, 3.8) is 0 Å². The molecule has 0 atom stereocenters. The van der Waals surface area contributed by atoms with Gasteiger partial charge in [-0.05, 0) is 37.7 Å². The molecule has 7 nitrogen and oxygen atoms in total. The molecular weight excluding hydrogens is 394 g/mol. The van der Waals surface area contributed by atoms with E-state index in [1.807, 2.05) is 38.1 Å². The van der Waals surface area contributed by atoms with Crippen LogP contribution in [0.1, 0.15) is 21.5 Å². The van der Waals surface area contributed by atoms with Gasteiger partial charge in [-0.1, -0.05) is 13.0 Å². The minimum atomic E-state index is -0.169. The smallest absolute Gasteiger partial charge is 0.262 e. The summed E-state index contributed by atoms with van der Waals surface area (Å²) < 4.78 is 0. The van der Waals surface area contributed by atoms with Crippen molar-refractivity contribution >= 4 is 41.5 Å². The summed E-state index contributed by atoms with van der Waals surface area (Å²) in [5.74, 6) is 0.127. The number of nitrogens with one attached hydrogen (secondary N) is 3. The molecule has 0 saturated carbocycles. The Balaban J connectivity index is 1.86. The van der Waals surface area contributed by atoms with Gasteiger partial charge in [0.05, 0.1) is 17.7 Å². The summed E-state index contributed by atoms with van der Waals surface area (Å²) >= 11 is 5.67. The van der Waals surface area contributed by atoms with Gasteiger partial charge in [-0.2, -0.15) is 0 Å². The van der Waals surface area contributed by atoms with Crippen LogP contribution in [0.5, 0.6) is 5.75 Å². The number of thiol groups is 1. The lowest BCUT2D eigenvalue weighted by atomic mass is 10.1. The summed E-state index contributed by atoms with van der Waals surface area (Å²) in [6.07, 6.45) is 1.34. The van der Waals surface area contributed by atoms with Crippen molar-refractivity contribution in [1.29, 1.82) is 0 Å². The number of aromatic nitrogens is 2. The molecule has 0 aliphatic rings. The average molecular weight is 416 g/mol. The molecule has 0 saturated heterocycles. The van der Waals surface area contributed by atoms with E-state index in [1.165, 1.54) is 17.5 Å². The molecule has 2 heterocycles. The fraction of sp³-hybridized carbons (Fsp3) is 0.211. The van der Waals surface area contributed by atoms with Crippen LogP contribution in [0.15, 0.2) is 41.4 Å². The number of thiophene rings is 1. The first-order valence-electron chi connectivity index (χ1n) is 8.69. The second-order valence-electron chi connectivity index (χ2n) is 5.97. The standard InChI is InChI=1S/C19H21N5O2S2/c1-3-20-10-22-18(26)16-8-14(11(2)28-16)17-15(25)9-21-19(24-17)23-12-5-4-6-13(27)7-12/h4-9,20,25,27H,3,10H2,1-2H3,(H,22,26)(H,21,23,24). The maximum atomic E-state index is 12.3. The van der Waals surface area contributed by atoms with Gasteiger partial charge < -0.3 is 21.1 Å². The second kappa shape index (κ2) is 9.05. The zero-order valence-corrected chi connectivity index (χ0v) is 17.2. The van der Waals surface area contributed by atoms with Crippen molar-refractivity contribution in [3.8, 4) is 17.0 Å². The molecule has 0 bridgehead atoms. The number of benzene rings is 1. The Morgan fingerprint density at radius 3 is 2.89 bits per heavy atom. The van der Waals surface area contributed by atoms with Crippen LogP contribution in [-0.4, -0.2) is 34.2 Å². The molecule has 1 aromatic carbocycles. The first-order valence-corrected chi connectivity index (χ1v) is 9.96. The highest BCUT2D eigenvalue weighted by molar-refractivity contribution is 7.80. The van der Waals surface area contributed by atoms with Crippen LogP contribution in [0.4, 0.5) is 11.6 Å². The summed E-state index contributed by atoms with van der Waals surface area (Å²) in [5, 5.41) is 19.2. The Hall–Kier alpha value is -2.62. The van der Waals surface area contributed by atoms with Gasteiger partial charge in [-0.3, -0.25) is 4.79 Å². The molecule has 0 aliphatic carbocycles. The number of rotatable bonds is 7. The first-order chi connectivity index (χ1) is 13.5. The Bertz CT molecular complexity index is 990. The summed E-state index contributed by atoms with van der Waals surface area (Å²) in [6, 6.07) is 9.20. The molecule has 4 N–H and O–H groups in total. The van der Waals surface area contributed by atoms with Crippen molar-refractivity contribution in [2.45, 2.75) is 18.7 Å². The first kappa shape index (κ1) is 20.1. The van der Waals surface area contributed by atoms with Crippen molar-refractivity contribution < 1.29 is 9.90 Å². The Kier molecular flexibility index (Phi) is 6.50. The topological polar surface area (TPSA) is 99.2 Å². The lowest BCUT2D eigenvalue weighted by Crippen LogP contribution is -2.33. The van der Waals surface area contributed by atoms with E-state index in [1.54, 1.807) is 6.07 Å². The molecule has 9 heteroatoms. The molecule has 146 valence electrons. The zero-order valence-electron chi connectivity index (χ0n) is 15.5. The summed E-state index contributed by atoms with van der Waals surface area (Å²) in [7, 11) is 0. The highest BCUT2D eigenvalue weighted by atomic mass is 32.1. The number of carbonyl (C=O) groups excluding carboxylic acids is 1. The van der Waals surface area contributed by atoms with Crippen molar-refractivity contribution in [1.82, 2.24) is 20.6 Å². The number of hydrogen-bond donors (Lipinski definition) is 5. The van der Waals surface area contributed by atoms with Gasteiger partial charge in [-0.15, -0.1) is 24.0 Å². The van der Waals surface area contributed by atoms with Crippen molar-refractivity contribution in [2.24, 2.45) is 0 Å². The quantitative estimate of drug-likeness (QED) is 0.230. The molecule has 0 spiro atoms. The number of aromatic hydroxyl groups is 1. The fourth-order valence-electron chi connectivity index (χ4n) is 2.53. The lowest BCUT2D eigenvalue weighted by molar-refractivity contribution is 0.0955. The van der Waals surface area contributed by atoms with Crippen molar-refractivity contribution in [3.05, 3.63) is 46.3 Å². The van der Waals surface area contributed by atoms with Gasteiger partial charge >= 0.3 is 0 Å². The Morgan fingerprint density at radius 1 is 1.32 bits per heavy atom. The minimum absolute atomic E-state index is 0.0472. The van der Waals surface area contributed by atoms with E-state index >= 15 is 0 Å². The number of amides is 1. The molecule has 0 fully saturated rings. The molecule has 2 aromatic heterocycles. The molecule has 3 aromatic rings. The maximum absolute atomic E-state index is 12.3. The number of carbonyl (C=O) groups is 1. The van der Waals surface area contributed by atoms with E-state index in [-0.39, 0.29) is 11.7 Å². The predicted octanol–water partition coefficient (Wildman–Crippen LogP) is 3.55. The molecule has 0 aliphatic heterocycles. The number of nitrogens with zero attached hydrogens (tertiary/aromatic N) is 2. The average Bonchev–Trinajstić information content (AvgIpc) is 3.05. The van der Waals surface area contributed by atoms with E-state index in [2.05, 4.69) is 38.5 Å². The molecule has 0 unspecified atom stereocenters.